The minimum Gasteiger partial charge on any atom is -0.271 e. The van der Waals surface area contributed by atoms with Gasteiger partial charge in [0.2, 0.25) is 0 Å². The fraction of sp³-hybridized carbons (Fsp3) is 0.389. The van der Waals surface area contributed by atoms with E-state index in [0.29, 0.717) is 5.92 Å². The van der Waals surface area contributed by atoms with Crippen LogP contribution in [-0.4, -0.2) is 11.0 Å². The van der Waals surface area contributed by atoms with Gasteiger partial charge in [0, 0.05) is 23.9 Å². The van der Waals surface area contributed by atoms with Gasteiger partial charge in [0.1, 0.15) is 0 Å². The van der Waals surface area contributed by atoms with Crippen molar-refractivity contribution in [2.45, 2.75) is 45.1 Å². The topological polar surface area (TPSA) is 50.9 Å². The highest BCUT2D eigenvalue weighted by atomic mass is 15.2. The summed E-state index contributed by atoms with van der Waals surface area (Å²) in [7, 11) is 0. The van der Waals surface area contributed by atoms with Crippen LogP contribution in [0.2, 0.25) is 0 Å². The van der Waals surface area contributed by atoms with Crippen molar-refractivity contribution in [1.29, 1.82) is 0 Å². The second-order valence-electron chi connectivity index (χ2n) is 6.09. The summed E-state index contributed by atoms with van der Waals surface area (Å²) >= 11 is 0. The van der Waals surface area contributed by atoms with Gasteiger partial charge in [-0.25, -0.2) is 0 Å². The number of benzene rings is 1. The summed E-state index contributed by atoms with van der Waals surface area (Å²) < 4.78 is 0. The Labute approximate surface area is 126 Å². The average molecular weight is 281 g/mol. The van der Waals surface area contributed by atoms with Gasteiger partial charge in [-0.3, -0.25) is 16.3 Å². The van der Waals surface area contributed by atoms with Gasteiger partial charge in [-0.2, -0.15) is 0 Å². The molecule has 0 radical (unpaired) electrons. The number of fused-ring (bicyclic) bond motifs is 1. The molecule has 3 nitrogen and oxygen atoms in total. The van der Waals surface area contributed by atoms with E-state index in [0.717, 1.165) is 19.3 Å². The molecule has 1 aliphatic rings. The van der Waals surface area contributed by atoms with E-state index in [2.05, 4.69) is 48.5 Å². The van der Waals surface area contributed by atoms with Gasteiger partial charge < -0.3 is 0 Å². The Morgan fingerprint density at radius 2 is 2.14 bits per heavy atom. The van der Waals surface area contributed by atoms with Crippen LogP contribution in [0, 0.1) is 13.8 Å². The lowest BCUT2D eigenvalue weighted by atomic mass is 9.91. The first-order chi connectivity index (χ1) is 10.2. The van der Waals surface area contributed by atoms with Crippen LogP contribution in [0.15, 0.2) is 36.5 Å². The molecule has 3 N–H and O–H groups in total. The Balaban J connectivity index is 1.81. The Morgan fingerprint density at radius 3 is 2.90 bits per heavy atom. The van der Waals surface area contributed by atoms with Crippen molar-refractivity contribution in [1.82, 2.24) is 10.4 Å². The molecule has 0 amide bonds. The maximum atomic E-state index is 5.85. The molecule has 2 unspecified atom stereocenters. The third-order valence-electron chi connectivity index (χ3n) is 4.73. The van der Waals surface area contributed by atoms with Gasteiger partial charge in [-0.1, -0.05) is 24.3 Å². The number of hydrazine groups is 1. The van der Waals surface area contributed by atoms with E-state index in [4.69, 9.17) is 5.84 Å². The van der Waals surface area contributed by atoms with E-state index in [-0.39, 0.29) is 6.04 Å². The third kappa shape index (κ3) is 2.85. The molecule has 0 saturated carbocycles. The first-order valence-electron chi connectivity index (χ1n) is 7.65. The van der Waals surface area contributed by atoms with E-state index in [1.165, 1.54) is 27.9 Å². The highest BCUT2D eigenvalue weighted by Gasteiger charge is 2.30. The normalized spacial score (nSPS) is 18.5. The summed E-state index contributed by atoms with van der Waals surface area (Å²) in [5, 5.41) is 0. The molecule has 0 spiro atoms. The molecule has 3 rings (SSSR count). The molecular weight excluding hydrogens is 258 g/mol. The number of aromatic nitrogens is 1. The van der Waals surface area contributed by atoms with Gasteiger partial charge in [0.05, 0.1) is 0 Å². The third-order valence-corrected chi connectivity index (χ3v) is 4.73. The van der Waals surface area contributed by atoms with E-state index >= 15 is 0 Å². The van der Waals surface area contributed by atoms with E-state index < -0.39 is 0 Å². The Bertz CT molecular complexity index is 636. The summed E-state index contributed by atoms with van der Waals surface area (Å²) in [4.78, 5) is 4.59. The second-order valence-corrected chi connectivity index (χ2v) is 6.09. The molecule has 1 aromatic carbocycles. The van der Waals surface area contributed by atoms with Crippen molar-refractivity contribution in [2.24, 2.45) is 5.84 Å². The SMILES string of the molecule is Cc1ccc(CC(NN)C2CCc3cccnc32)cc1C. The van der Waals surface area contributed by atoms with Crippen molar-refractivity contribution >= 4 is 0 Å². The lowest BCUT2D eigenvalue weighted by Crippen LogP contribution is -2.41. The molecular formula is C18H23N3. The lowest BCUT2D eigenvalue weighted by molar-refractivity contribution is 0.429. The summed E-state index contributed by atoms with van der Waals surface area (Å²) in [6, 6.07) is 11.1. The molecule has 1 aromatic heterocycles. The molecule has 1 heterocycles. The smallest absolute Gasteiger partial charge is 0.0482 e. The van der Waals surface area contributed by atoms with Gasteiger partial charge in [-0.15, -0.1) is 0 Å². The zero-order valence-corrected chi connectivity index (χ0v) is 12.8. The van der Waals surface area contributed by atoms with E-state index in [1.807, 2.05) is 12.3 Å². The maximum Gasteiger partial charge on any atom is 0.0482 e. The molecule has 0 fully saturated rings. The Kier molecular flexibility index (Phi) is 4.04. The summed E-state index contributed by atoms with van der Waals surface area (Å²) in [5.41, 5.74) is 9.65. The summed E-state index contributed by atoms with van der Waals surface area (Å²) in [6.07, 6.45) is 5.07. The van der Waals surface area contributed by atoms with Crippen molar-refractivity contribution in [3.63, 3.8) is 0 Å². The predicted octanol–water partition coefficient (Wildman–Crippen LogP) is 2.80. The first kappa shape index (κ1) is 14.2. The van der Waals surface area contributed by atoms with E-state index in [1.54, 1.807) is 0 Å². The Hall–Kier alpha value is -1.71. The standard InChI is InChI=1S/C18H23N3/c1-12-5-6-14(10-13(12)2)11-17(21-19)16-8-7-15-4-3-9-20-18(15)16/h3-6,9-10,16-17,21H,7-8,11,19H2,1-2H3. The zero-order valence-electron chi connectivity index (χ0n) is 12.8. The average Bonchev–Trinajstić information content (AvgIpc) is 2.92. The van der Waals surface area contributed by atoms with E-state index in [9.17, 15) is 0 Å². The maximum absolute atomic E-state index is 5.85. The highest BCUT2D eigenvalue weighted by Crippen LogP contribution is 2.34. The van der Waals surface area contributed by atoms with Gasteiger partial charge in [-0.05, 0) is 61.4 Å². The van der Waals surface area contributed by atoms with Crippen LogP contribution in [0.25, 0.3) is 0 Å². The fourth-order valence-corrected chi connectivity index (χ4v) is 3.34. The lowest BCUT2D eigenvalue weighted by Gasteiger charge is -2.23. The zero-order chi connectivity index (χ0) is 14.8. The molecule has 0 aliphatic heterocycles. The van der Waals surface area contributed by atoms with Crippen LogP contribution < -0.4 is 11.3 Å². The van der Waals surface area contributed by atoms with Gasteiger partial charge in [0.25, 0.3) is 0 Å². The number of nitrogens with zero attached hydrogens (tertiary/aromatic N) is 1. The number of nitrogens with two attached hydrogens (primary N) is 1. The number of nitrogens with one attached hydrogen (secondary N) is 1. The molecule has 2 aromatic rings. The molecule has 1 aliphatic carbocycles. The summed E-state index contributed by atoms with van der Waals surface area (Å²) in [5.74, 6) is 6.26. The number of rotatable bonds is 4. The van der Waals surface area contributed by atoms with Crippen molar-refractivity contribution in [3.05, 3.63) is 64.5 Å². The minimum absolute atomic E-state index is 0.239. The number of hydrogen-bond donors (Lipinski definition) is 2. The number of hydrogen-bond acceptors (Lipinski definition) is 3. The fourth-order valence-electron chi connectivity index (χ4n) is 3.34. The predicted molar refractivity (Wildman–Crippen MR) is 86.0 cm³/mol. The van der Waals surface area contributed by atoms with Crippen LogP contribution >= 0.6 is 0 Å². The quantitative estimate of drug-likeness (QED) is 0.669. The first-order valence-corrected chi connectivity index (χ1v) is 7.65. The Morgan fingerprint density at radius 1 is 1.29 bits per heavy atom. The number of aryl methyl sites for hydroxylation is 3. The van der Waals surface area contributed by atoms with Crippen molar-refractivity contribution < 1.29 is 0 Å². The largest absolute Gasteiger partial charge is 0.271 e. The van der Waals surface area contributed by atoms with Crippen LogP contribution in [0.1, 0.15) is 40.3 Å². The van der Waals surface area contributed by atoms with Crippen LogP contribution in [-0.2, 0) is 12.8 Å². The number of pyridine rings is 1. The molecule has 0 bridgehead atoms. The highest BCUT2D eigenvalue weighted by molar-refractivity contribution is 5.33. The molecule has 2 atom stereocenters. The van der Waals surface area contributed by atoms with Crippen LogP contribution in [0.5, 0.6) is 0 Å². The minimum atomic E-state index is 0.239. The van der Waals surface area contributed by atoms with Crippen LogP contribution in [0.3, 0.4) is 0 Å². The molecule has 110 valence electrons. The van der Waals surface area contributed by atoms with Crippen molar-refractivity contribution in [3.8, 4) is 0 Å². The molecule has 3 heteroatoms. The second kappa shape index (κ2) is 5.96. The van der Waals surface area contributed by atoms with Crippen LogP contribution in [0.4, 0.5) is 0 Å². The molecule has 21 heavy (non-hydrogen) atoms. The van der Waals surface area contributed by atoms with Gasteiger partial charge >= 0.3 is 0 Å². The molecule has 0 saturated heterocycles. The van der Waals surface area contributed by atoms with Gasteiger partial charge in [0.15, 0.2) is 0 Å². The van der Waals surface area contributed by atoms with Crippen molar-refractivity contribution in [2.75, 3.05) is 0 Å². The monoisotopic (exact) mass is 281 g/mol. The summed E-state index contributed by atoms with van der Waals surface area (Å²) in [6.45, 7) is 4.31.